The Labute approximate surface area is 231 Å². The molecule has 1 aromatic carbocycles. The molecule has 5 rings (SSSR count). The first-order valence-corrected chi connectivity index (χ1v) is 14.7. The van der Waals surface area contributed by atoms with E-state index in [-0.39, 0.29) is 41.0 Å². The number of hydrogen-bond acceptors (Lipinski definition) is 9. The highest BCUT2D eigenvalue weighted by atomic mass is 32.2. The number of benzene rings is 1. The second-order valence-corrected chi connectivity index (χ2v) is 12.2. The first-order chi connectivity index (χ1) is 19.2. The van der Waals surface area contributed by atoms with Gasteiger partial charge >= 0.3 is 0 Å². The highest BCUT2D eigenvalue weighted by Gasteiger charge is 2.31. The van der Waals surface area contributed by atoms with Crippen LogP contribution < -0.4 is 11.1 Å². The van der Waals surface area contributed by atoms with Crippen LogP contribution in [0.5, 0.6) is 0 Å². The second kappa shape index (κ2) is 11.9. The van der Waals surface area contributed by atoms with Gasteiger partial charge in [0.25, 0.3) is 0 Å². The van der Waals surface area contributed by atoms with Crippen LogP contribution in [0.25, 0.3) is 22.7 Å². The number of halogens is 2. The lowest BCUT2D eigenvalue weighted by molar-refractivity contribution is 0.0985. The summed E-state index contributed by atoms with van der Waals surface area (Å²) in [7, 11) is -3.42. The third-order valence-electron chi connectivity index (χ3n) is 7.01. The van der Waals surface area contributed by atoms with E-state index in [4.69, 9.17) is 15.0 Å². The lowest BCUT2D eigenvalue weighted by Gasteiger charge is -2.24. The summed E-state index contributed by atoms with van der Waals surface area (Å²) in [6.07, 6.45) is 7.14. The first kappa shape index (κ1) is 28.1. The van der Waals surface area contributed by atoms with Crippen LogP contribution in [0.2, 0.25) is 0 Å². The van der Waals surface area contributed by atoms with E-state index >= 15 is 0 Å². The molecule has 0 radical (unpaired) electrons. The Kier molecular flexibility index (Phi) is 8.38. The predicted octanol–water partition coefficient (Wildman–Crippen LogP) is 4.49. The van der Waals surface area contributed by atoms with E-state index in [1.165, 1.54) is 13.0 Å². The maximum Gasteiger partial charge on any atom is 0.189 e. The van der Waals surface area contributed by atoms with Gasteiger partial charge in [-0.2, -0.15) is 0 Å². The van der Waals surface area contributed by atoms with E-state index in [9.17, 15) is 17.2 Å². The Hall–Kier alpha value is -3.48. The quantitative estimate of drug-likeness (QED) is 0.381. The van der Waals surface area contributed by atoms with E-state index < -0.39 is 27.1 Å². The zero-order chi connectivity index (χ0) is 28.3. The second-order valence-electron chi connectivity index (χ2n) is 10.00. The van der Waals surface area contributed by atoms with Crippen LogP contribution in [0, 0.1) is 5.82 Å². The smallest absolute Gasteiger partial charge is 0.189 e. The van der Waals surface area contributed by atoms with E-state index in [0.717, 1.165) is 0 Å². The van der Waals surface area contributed by atoms with Crippen molar-refractivity contribution in [2.75, 3.05) is 25.5 Å². The monoisotopic (exact) mass is 571 g/mol. The van der Waals surface area contributed by atoms with Crippen LogP contribution in [-0.4, -0.2) is 54.7 Å². The molecule has 1 fully saturated rings. The van der Waals surface area contributed by atoms with Gasteiger partial charge in [-0.25, -0.2) is 27.2 Å². The van der Waals surface area contributed by atoms with Crippen molar-refractivity contribution in [1.82, 2.24) is 20.4 Å². The van der Waals surface area contributed by atoms with Crippen LogP contribution in [0.3, 0.4) is 0 Å². The molecule has 2 aliphatic rings. The number of allylic oxidation sites excluding steroid dienone is 3. The number of sulfone groups is 1. The van der Waals surface area contributed by atoms with Crippen molar-refractivity contribution in [1.29, 1.82) is 0 Å². The third-order valence-corrected chi connectivity index (χ3v) is 9.32. The summed E-state index contributed by atoms with van der Waals surface area (Å²) in [5.41, 5.74) is 8.11. The minimum absolute atomic E-state index is 0.119. The molecule has 1 saturated heterocycles. The Morgan fingerprint density at radius 3 is 2.73 bits per heavy atom. The molecule has 212 valence electrons. The van der Waals surface area contributed by atoms with Crippen molar-refractivity contribution < 1.29 is 26.5 Å². The molecular formula is C28H31F2N5O4S. The average Bonchev–Trinajstić information content (AvgIpc) is 3.43. The number of anilines is 1. The van der Waals surface area contributed by atoms with Gasteiger partial charge in [-0.05, 0) is 50.0 Å². The van der Waals surface area contributed by atoms with Crippen molar-refractivity contribution in [2.24, 2.45) is 0 Å². The molecule has 3 N–H and O–H groups in total. The maximum absolute atomic E-state index is 14.9. The molecule has 1 aliphatic carbocycles. The normalized spacial score (nSPS) is 19.0. The molecule has 0 amide bonds. The van der Waals surface area contributed by atoms with Gasteiger partial charge in [0, 0.05) is 43.9 Å². The zero-order valence-corrected chi connectivity index (χ0v) is 22.8. The van der Waals surface area contributed by atoms with Gasteiger partial charge in [-0.15, -0.1) is 0 Å². The number of ether oxygens (including phenoxy) is 1. The minimum atomic E-state index is -3.42. The van der Waals surface area contributed by atoms with Crippen molar-refractivity contribution >= 4 is 15.7 Å². The summed E-state index contributed by atoms with van der Waals surface area (Å²) in [6.45, 7) is 2.87. The zero-order valence-electron chi connectivity index (χ0n) is 22.0. The molecule has 3 heterocycles. The first-order valence-electron chi connectivity index (χ1n) is 13.2. The lowest BCUT2D eigenvalue weighted by atomic mass is 9.97. The highest BCUT2D eigenvalue weighted by molar-refractivity contribution is 7.96. The van der Waals surface area contributed by atoms with Crippen molar-refractivity contribution in [3.8, 4) is 22.7 Å². The van der Waals surface area contributed by atoms with E-state index in [1.807, 2.05) is 6.08 Å². The number of rotatable bonds is 9. The summed E-state index contributed by atoms with van der Waals surface area (Å²) >= 11 is 0. The molecule has 2 aromatic heterocycles. The molecule has 2 unspecified atom stereocenters. The Balaban J connectivity index is 1.31. The Morgan fingerprint density at radius 1 is 1.23 bits per heavy atom. The van der Waals surface area contributed by atoms with E-state index in [1.54, 1.807) is 36.5 Å². The summed E-state index contributed by atoms with van der Waals surface area (Å²) in [4.78, 5) is 9.21. The number of nitrogen functional groups attached to an aromatic ring is 1. The van der Waals surface area contributed by atoms with Crippen molar-refractivity contribution in [3.63, 3.8) is 0 Å². The fraction of sp³-hybridized carbons (Fsp3) is 0.393. The Bertz CT molecular complexity index is 1530. The van der Waals surface area contributed by atoms with Crippen LogP contribution in [0.1, 0.15) is 43.4 Å². The number of alkyl halides is 1. The number of nitrogens with zero attached hydrogens (tertiary/aromatic N) is 3. The molecule has 2 atom stereocenters. The molecule has 40 heavy (non-hydrogen) atoms. The number of nitrogens with one attached hydrogen (secondary N) is 1. The van der Waals surface area contributed by atoms with Gasteiger partial charge < -0.3 is 20.3 Å². The van der Waals surface area contributed by atoms with E-state index in [2.05, 4.69) is 20.4 Å². The van der Waals surface area contributed by atoms with Gasteiger partial charge in [0.1, 0.15) is 17.7 Å². The van der Waals surface area contributed by atoms with Gasteiger partial charge in [0.05, 0.1) is 22.0 Å². The van der Waals surface area contributed by atoms with Crippen LogP contribution >= 0.6 is 0 Å². The van der Waals surface area contributed by atoms with Gasteiger partial charge in [0.2, 0.25) is 0 Å². The summed E-state index contributed by atoms with van der Waals surface area (Å²) in [5, 5.41) is 6.50. The van der Waals surface area contributed by atoms with Crippen LogP contribution in [0.15, 0.2) is 58.1 Å². The average molecular weight is 572 g/mol. The maximum atomic E-state index is 14.9. The molecule has 0 saturated carbocycles. The topological polar surface area (TPSA) is 133 Å². The lowest BCUT2D eigenvalue weighted by Crippen LogP contribution is -2.29. The third kappa shape index (κ3) is 6.13. The summed E-state index contributed by atoms with van der Waals surface area (Å²) in [5.74, 6) is -0.358. The van der Waals surface area contributed by atoms with Crippen LogP contribution in [-0.2, 0) is 21.1 Å². The van der Waals surface area contributed by atoms with E-state index in [0.29, 0.717) is 55.2 Å². The molecule has 0 spiro atoms. The SMILES string of the molecule is CC(F)CNCc1ccc(-c2cc(-c3nc(C4C=CC(S(=O)(=O)C5CCOCC5)=CC4)cnc3N)on2)c(F)c1. The molecule has 1 aliphatic heterocycles. The molecule has 0 bridgehead atoms. The molecule has 12 heteroatoms. The van der Waals surface area contributed by atoms with Crippen molar-refractivity contribution in [2.45, 2.75) is 50.1 Å². The van der Waals surface area contributed by atoms with Gasteiger partial charge in [-0.1, -0.05) is 23.4 Å². The fourth-order valence-electron chi connectivity index (χ4n) is 4.79. The van der Waals surface area contributed by atoms with Crippen molar-refractivity contribution in [3.05, 3.63) is 70.7 Å². The van der Waals surface area contributed by atoms with Crippen LogP contribution in [0.4, 0.5) is 14.6 Å². The Morgan fingerprint density at radius 2 is 2.02 bits per heavy atom. The summed E-state index contributed by atoms with van der Waals surface area (Å²) in [6, 6.07) is 6.23. The number of aromatic nitrogens is 3. The molecular weight excluding hydrogens is 540 g/mol. The fourth-order valence-corrected chi connectivity index (χ4v) is 6.58. The number of nitrogens with two attached hydrogens (primary N) is 1. The number of hydrogen-bond donors (Lipinski definition) is 2. The van der Waals surface area contributed by atoms with Gasteiger partial charge in [-0.3, -0.25) is 0 Å². The molecule has 3 aromatic rings. The van der Waals surface area contributed by atoms with Gasteiger partial charge in [0.15, 0.2) is 27.1 Å². The summed E-state index contributed by atoms with van der Waals surface area (Å²) < 4.78 is 64.6. The highest BCUT2D eigenvalue weighted by Crippen LogP contribution is 2.34. The largest absolute Gasteiger partial charge is 0.382 e. The minimum Gasteiger partial charge on any atom is -0.382 e. The standard InChI is InChI=1S/C28H31F2N5O4S/c1-17(29)14-32-15-18-2-7-22(23(30)12-18)24-13-26(39-35-24)27-28(31)33-16-25(34-27)19-3-5-20(6-4-19)40(36,37)21-8-10-38-11-9-21/h2-3,5-7,12-13,16-17,19,21,32H,4,8-11,14-15H2,1H3,(H2,31,33). The predicted molar refractivity (Wildman–Crippen MR) is 147 cm³/mol. The molecule has 9 nitrogen and oxygen atoms in total.